The van der Waals surface area contributed by atoms with E-state index in [4.69, 9.17) is 0 Å². The Kier molecular flexibility index (Phi) is 7.26. The second-order valence-electron chi connectivity index (χ2n) is 6.81. The van der Waals surface area contributed by atoms with Crippen LogP contribution in [0.3, 0.4) is 0 Å². The molecule has 0 bridgehead atoms. The van der Waals surface area contributed by atoms with E-state index in [1.54, 1.807) is 32.9 Å². The van der Waals surface area contributed by atoms with Gasteiger partial charge in [-0.3, -0.25) is 4.79 Å². The monoisotopic (exact) mass is 465 g/mol. The molecule has 0 spiro atoms. The van der Waals surface area contributed by atoms with Crippen molar-refractivity contribution in [3.8, 4) is 17.4 Å². The first kappa shape index (κ1) is 23.7. The molecule has 0 fully saturated rings. The van der Waals surface area contributed by atoms with Crippen LogP contribution in [0.2, 0.25) is 0 Å². The van der Waals surface area contributed by atoms with Gasteiger partial charge in [0.25, 0.3) is 5.95 Å². The summed E-state index contributed by atoms with van der Waals surface area (Å²) < 4.78 is 60.1. The van der Waals surface area contributed by atoms with E-state index in [9.17, 15) is 22.4 Å². The number of halogens is 4. The number of hydrogen-bond acceptors (Lipinski definition) is 6. The number of hydrogen-bond donors (Lipinski definition) is 1. The normalized spacial score (nSPS) is 11.4. The molecule has 0 radical (unpaired) electrons. The zero-order chi connectivity index (χ0) is 24.1. The Balaban J connectivity index is 1.82. The van der Waals surface area contributed by atoms with E-state index < -0.39 is 24.9 Å². The maximum absolute atomic E-state index is 12.7. The van der Waals surface area contributed by atoms with Gasteiger partial charge in [-0.2, -0.15) is 27.3 Å². The number of carbonyl (C=O) groups excluding carboxylic acids is 1. The molecule has 12 heteroatoms. The average molecular weight is 465 g/mol. The second-order valence-corrected chi connectivity index (χ2v) is 6.81. The second kappa shape index (κ2) is 10.1. The SMILES string of the molecule is Cc1cc(C)nc(-n2nc(C)cc2NC(=O)/C=C/c2ccc(OC(F)F)cc2OC(F)F)n1. The molecule has 0 aliphatic carbocycles. The van der Waals surface area contributed by atoms with E-state index >= 15 is 0 Å². The summed E-state index contributed by atoms with van der Waals surface area (Å²) in [5.41, 5.74) is 2.08. The molecule has 0 saturated heterocycles. The third-order valence-corrected chi connectivity index (χ3v) is 4.08. The van der Waals surface area contributed by atoms with Crippen LogP contribution >= 0.6 is 0 Å². The lowest BCUT2D eigenvalue weighted by Gasteiger charge is -2.11. The van der Waals surface area contributed by atoms with Gasteiger partial charge in [0.1, 0.15) is 17.3 Å². The fraction of sp³-hybridized carbons (Fsp3) is 0.238. The van der Waals surface area contributed by atoms with Crippen molar-refractivity contribution in [3.63, 3.8) is 0 Å². The van der Waals surface area contributed by atoms with Gasteiger partial charge in [0, 0.05) is 35.2 Å². The van der Waals surface area contributed by atoms with Gasteiger partial charge in [0.2, 0.25) is 5.91 Å². The predicted octanol–water partition coefficient (Wildman–Crippen LogP) is 4.44. The van der Waals surface area contributed by atoms with E-state index in [1.165, 1.54) is 16.8 Å². The third kappa shape index (κ3) is 6.51. The summed E-state index contributed by atoms with van der Waals surface area (Å²) in [5, 5.41) is 6.91. The standard InChI is InChI=1S/C21H19F4N5O3/c1-11-8-12(2)27-21(26-11)30-17(9-13(3)29-30)28-18(31)7-5-14-4-6-15(32-19(22)23)10-16(14)33-20(24)25/h4-10,19-20H,1-3H3,(H,28,31)/b7-5+. The summed E-state index contributed by atoms with van der Waals surface area (Å²) in [5.74, 6) is -0.859. The fourth-order valence-corrected chi connectivity index (χ4v) is 2.90. The van der Waals surface area contributed by atoms with Crippen molar-refractivity contribution < 1.29 is 31.8 Å². The molecule has 1 N–H and O–H groups in total. The maximum atomic E-state index is 12.7. The Morgan fingerprint density at radius 2 is 1.64 bits per heavy atom. The van der Waals surface area contributed by atoms with Crippen molar-refractivity contribution in [1.82, 2.24) is 19.7 Å². The fourth-order valence-electron chi connectivity index (χ4n) is 2.90. The molecule has 0 saturated carbocycles. The van der Waals surface area contributed by atoms with Gasteiger partial charge in [-0.25, -0.2) is 9.97 Å². The molecule has 3 aromatic rings. The molecule has 8 nitrogen and oxygen atoms in total. The largest absolute Gasteiger partial charge is 0.435 e. The molecule has 0 atom stereocenters. The molecule has 0 unspecified atom stereocenters. The highest BCUT2D eigenvalue weighted by atomic mass is 19.3. The number of nitrogens with zero attached hydrogens (tertiary/aromatic N) is 4. The zero-order valence-electron chi connectivity index (χ0n) is 17.7. The lowest BCUT2D eigenvalue weighted by molar-refractivity contribution is -0.111. The molecule has 33 heavy (non-hydrogen) atoms. The number of carbonyl (C=O) groups is 1. The van der Waals surface area contributed by atoms with Gasteiger partial charge in [0.05, 0.1) is 5.69 Å². The molecule has 1 amide bonds. The van der Waals surface area contributed by atoms with Crippen LogP contribution in [0.4, 0.5) is 23.4 Å². The molecule has 0 aliphatic rings. The summed E-state index contributed by atoms with van der Waals surface area (Å²) in [4.78, 5) is 21.1. The first-order chi connectivity index (χ1) is 15.6. The minimum absolute atomic E-state index is 0.0504. The molecular formula is C21H19F4N5O3. The first-order valence-electron chi connectivity index (χ1n) is 9.53. The zero-order valence-corrected chi connectivity index (χ0v) is 17.7. The Labute approximate surface area is 185 Å². The van der Waals surface area contributed by atoms with Gasteiger partial charge >= 0.3 is 13.2 Å². The number of aryl methyl sites for hydroxylation is 3. The maximum Gasteiger partial charge on any atom is 0.387 e. The van der Waals surface area contributed by atoms with Crippen molar-refractivity contribution in [2.24, 2.45) is 0 Å². The first-order valence-corrected chi connectivity index (χ1v) is 9.53. The van der Waals surface area contributed by atoms with Crippen molar-refractivity contribution in [2.75, 3.05) is 5.32 Å². The highest BCUT2D eigenvalue weighted by Gasteiger charge is 2.14. The van der Waals surface area contributed by atoms with Crippen LogP contribution in [-0.2, 0) is 4.79 Å². The predicted molar refractivity (Wildman–Crippen MR) is 111 cm³/mol. The van der Waals surface area contributed by atoms with E-state index in [2.05, 4.69) is 29.9 Å². The molecule has 1 aromatic carbocycles. The summed E-state index contributed by atoms with van der Waals surface area (Å²) in [7, 11) is 0. The van der Waals surface area contributed by atoms with Gasteiger partial charge < -0.3 is 14.8 Å². The van der Waals surface area contributed by atoms with E-state index in [0.29, 0.717) is 17.1 Å². The van der Waals surface area contributed by atoms with Crippen LogP contribution in [0.1, 0.15) is 22.6 Å². The Bertz CT molecular complexity index is 1160. The van der Waals surface area contributed by atoms with Crippen molar-refractivity contribution >= 4 is 17.8 Å². The number of nitrogens with one attached hydrogen (secondary N) is 1. The number of amides is 1. The van der Waals surface area contributed by atoms with Crippen molar-refractivity contribution in [2.45, 2.75) is 34.0 Å². The van der Waals surface area contributed by atoms with Gasteiger partial charge in [-0.15, -0.1) is 0 Å². The summed E-state index contributed by atoms with van der Waals surface area (Å²) in [6.45, 7) is -1.02. The number of anilines is 1. The Morgan fingerprint density at radius 3 is 2.27 bits per heavy atom. The van der Waals surface area contributed by atoms with Gasteiger partial charge in [0.15, 0.2) is 0 Å². The summed E-state index contributed by atoms with van der Waals surface area (Å²) >= 11 is 0. The van der Waals surface area contributed by atoms with Gasteiger partial charge in [-0.05, 0) is 45.0 Å². The molecule has 3 rings (SSSR count). The Hall–Kier alpha value is -3.96. The highest BCUT2D eigenvalue weighted by Crippen LogP contribution is 2.28. The molecule has 2 heterocycles. The van der Waals surface area contributed by atoms with E-state index in [-0.39, 0.29) is 23.1 Å². The van der Waals surface area contributed by atoms with Crippen LogP contribution < -0.4 is 14.8 Å². The minimum atomic E-state index is -3.21. The minimum Gasteiger partial charge on any atom is -0.435 e. The summed E-state index contributed by atoms with van der Waals surface area (Å²) in [6.07, 6.45) is 2.26. The smallest absolute Gasteiger partial charge is 0.387 e. The molecule has 2 aromatic heterocycles. The summed E-state index contributed by atoms with van der Waals surface area (Å²) in [6, 6.07) is 6.62. The lowest BCUT2D eigenvalue weighted by Crippen LogP contribution is -2.14. The lowest BCUT2D eigenvalue weighted by atomic mass is 10.1. The highest BCUT2D eigenvalue weighted by molar-refractivity contribution is 6.01. The number of ether oxygens (including phenoxy) is 2. The van der Waals surface area contributed by atoms with Crippen LogP contribution in [-0.4, -0.2) is 38.9 Å². The van der Waals surface area contributed by atoms with Crippen LogP contribution in [0.5, 0.6) is 11.5 Å². The van der Waals surface area contributed by atoms with Crippen molar-refractivity contribution in [3.05, 3.63) is 59.1 Å². The number of aromatic nitrogens is 4. The molecule has 0 aliphatic heterocycles. The quantitative estimate of drug-likeness (QED) is 0.391. The van der Waals surface area contributed by atoms with E-state index in [0.717, 1.165) is 18.2 Å². The van der Waals surface area contributed by atoms with E-state index in [1.807, 2.05) is 0 Å². The average Bonchev–Trinajstić information content (AvgIpc) is 3.05. The molecular weight excluding hydrogens is 446 g/mol. The third-order valence-electron chi connectivity index (χ3n) is 4.08. The van der Waals surface area contributed by atoms with Crippen LogP contribution in [0.25, 0.3) is 12.0 Å². The molecule has 174 valence electrons. The van der Waals surface area contributed by atoms with Gasteiger partial charge in [-0.1, -0.05) is 0 Å². The topological polar surface area (TPSA) is 91.2 Å². The number of rotatable bonds is 8. The Morgan fingerprint density at radius 1 is 0.970 bits per heavy atom. The van der Waals surface area contributed by atoms with Crippen LogP contribution in [0, 0.1) is 20.8 Å². The number of alkyl halides is 4. The van der Waals surface area contributed by atoms with Crippen molar-refractivity contribution in [1.29, 1.82) is 0 Å². The van der Waals surface area contributed by atoms with Crippen LogP contribution in [0.15, 0.2) is 36.4 Å². The number of benzene rings is 1.